The Labute approximate surface area is 109 Å². The van der Waals surface area contributed by atoms with Crippen LogP contribution in [-0.2, 0) is 11.0 Å². The highest BCUT2D eigenvalue weighted by Crippen LogP contribution is 2.33. The fourth-order valence-corrected chi connectivity index (χ4v) is 3.17. The van der Waals surface area contributed by atoms with Crippen LogP contribution in [-0.4, -0.2) is 14.5 Å². The second-order valence-corrected chi connectivity index (χ2v) is 8.13. The molecule has 1 fully saturated rings. The minimum absolute atomic E-state index is 0.271. The van der Waals surface area contributed by atoms with Gasteiger partial charge in [0.15, 0.2) is 0 Å². The molecule has 0 unspecified atom stereocenters. The van der Waals surface area contributed by atoms with Gasteiger partial charge in [-0.2, -0.15) is 0 Å². The molecule has 0 amide bonds. The molecule has 17 heavy (non-hydrogen) atoms. The van der Waals surface area contributed by atoms with Gasteiger partial charge in [-0.05, 0) is 46.5 Å². The van der Waals surface area contributed by atoms with E-state index >= 15 is 0 Å². The Bertz CT molecular complexity index is 320. The molecule has 0 bridgehead atoms. The molecule has 0 aliphatic heterocycles. The summed E-state index contributed by atoms with van der Waals surface area (Å²) in [6.07, 6.45) is 11.8. The van der Waals surface area contributed by atoms with E-state index in [2.05, 4.69) is 10.6 Å². The Morgan fingerprint density at radius 1 is 1.18 bits per heavy atom. The molecular formula is C14H25NOS. The molecule has 0 aromatic heterocycles. The van der Waals surface area contributed by atoms with Crippen molar-refractivity contribution in [2.24, 2.45) is 5.92 Å². The third-order valence-corrected chi connectivity index (χ3v) is 5.30. The van der Waals surface area contributed by atoms with Crippen LogP contribution in [0, 0.1) is 18.3 Å². The van der Waals surface area contributed by atoms with Gasteiger partial charge in [0.2, 0.25) is 0 Å². The Kier molecular flexibility index (Phi) is 4.80. The first-order valence-electron chi connectivity index (χ1n) is 6.47. The van der Waals surface area contributed by atoms with Gasteiger partial charge in [-0.15, -0.1) is 6.42 Å². The van der Waals surface area contributed by atoms with Gasteiger partial charge >= 0.3 is 0 Å². The van der Waals surface area contributed by atoms with E-state index in [1.165, 1.54) is 19.3 Å². The van der Waals surface area contributed by atoms with Crippen LogP contribution in [0.5, 0.6) is 0 Å². The fraction of sp³-hybridized carbons (Fsp3) is 0.857. The van der Waals surface area contributed by atoms with Crippen LogP contribution in [0.15, 0.2) is 0 Å². The zero-order valence-electron chi connectivity index (χ0n) is 11.5. The topological polar surface area (TPSA) is 29.1 Å². The summed E-state index contributed by atoms with van der Waals surface area (Å²) in [5, 5.41) is 0. The zero-order valence-corrected chi connectivity index (χ0v) is 12.3. The van der Waals surface area contributed by atoms with Gasteiger partial charge in [0.25, 0.3) is 0 Å². The lowest BCUT2D eigenvalue weighted by molar-refractivity contribution is 0.256. The molecule has 0 saturated heterocycles. The average Bonchev–Trinajstić information content (AvgIpc) is 2.28. The molecule has 0 spiro atoms. The van der Waals surface area contributed by atoms with E-state index in [-0.39, 0.29) is 4.75 Å². The summed E-state index contributed by atoms with van der Waals surface area (Å²) < 4.78 is 15.1. The van der Waals surface area contributed by atoms with E-state index < -0.39 is 16.5 Å². The number of rotatable bonds is 3. The minimum Gasteiger partial charge on any atom is -0.242 e. The van der Waals surface area contributed by atoms with Crippen molar-refractivity contribution in [1.82, 2.24) is 4.72 Å². The molecule has 1 N–H and O–H groups in total. The highest BCUT2D eigenvalue weighted by Gasteiger charge is 2.36. The van der Waals surface area contributed by atoms with Gasteiger partial charge in [0.05, 0.1) is 21.3 Å². The molecule has 1 rings (SSSR count). The van der Waals surface area contributed by atoms with Gasteiger partial charge in [0, 0.05) is 0 Å². The van der Waals surface area contributed by atoms with E-state index in [4.69, 9.17) is 6.42 Å². The second-order valence-electron chi connectivity index (χ2n) is 6.16. The first kappa shape index (κ1) is 14.7. The Morgan fingerprint density at radius 3 is 2.12 bits per heavy atom. The van der Waals surface area contributed by atoms with E-state index in [1.54, 1.807) is 0 Å². The number of hydrogen-bond donors (Lipinski definition) is 1. The molecule has 1 aliphatic carbocycles. The largest absolute Gasteiger partial charge is 0.242 e. The van der Waals surface area contributed by atoms with Crippen molar-refractivity contribution in [1.29, 1.82) is 0 Å². The van der Waals surface area contributed by atoms with E-state index in [9.17, 15) is 4.21 Å². The average molecular weight is 255 g/mol. The number of terminal acetylenes is 1. The standard InChI is InChI=1S/C14H25NOS/c1-6-14(5,12-10-8-7-9-11-12)15-17(16)13(2,3)4/h1,12,15H,7-11H2,2-5H3/t14-,17+/m1/s1. The van der Waals surface area contributed by atoms with Crippen molar-refractivity contribution in [3.8, 4) is 12.3 Å². The molecule has 0 aromatic rings. The molecule has 1 saturated carbocycles. The van der Waals surface area contributed by atoms with Gasteiger partial charge in [-0.1, -0.05) is 25.2 Å². The molecule has 2 atom stereocenters. The van der Waals surface area contributed by atoms with Crippen LogP contribution in [0.25, 0.3) is 0 Å². The third kappa shape index (κ3) is 3.82. The van der Waals surface area contributed by atoms with E-state index in [0.29, 0.717) is 5.92 Å². The summed E-state index contributed by atoms with van der Waals surface area (Å²) in [6, 6.07) is 0. The number of nitrogens with one attached hydrogen (secondary N) is 1. The smallest absolute Gasteiger partial charge is 0.0983 e. The summed E-state index contributed by atoms with van der Waals surface area (Å²) in [5.41, 5.74) is -0.432. The molecule has 0 aromatic carbocycles. The summed E-state index contributed by atoms with van der Waals surface area (Å²) in [4.78, 5) is 0. The van der Waals surface area contributed by atoms with Gasteiger partial charge in [-0.3, -0.25) is 0 Å². The van der Waals surface area contributed by atoms with Crippen molar-refractivity contribution in [3.05, 3.63) is 0 Å². The summed E-state index contributed by atoms with van der Waals surface area (Å²) in [6.45, 7) is 7.92. The van der Waals surface area contributed by atoms with Crippen molar-refractivity contribution < 1.29 is 4.21 Å². The van der Waals surface area contributed by atoms with Crippen LogP contribution in [0.2, 0.25) is 0 Å². The summed E-state index contributed by atoms with van der Waals surface area (Å²) in [7, 11) is -1.10. The van der Waals surface area contributed by atoms with Gasteiger partial charge in [0.1, 0.15) is 0 Å². The van der Waals surface area contributed by atoms with Gasteiger partial charge in [-0.25, -0.2) is 8.93 Å². The number of hydrogen-bond acceptors (Lipinski definition) is 1. The monoisotopic (exact) mass is 255 g/mol. The molecular weight excluding hydrogens is 230 g/mol. The maximum absolute atomic E-state index is 12.2. The quantitative estimate of drug-likeness (QED) is 0.772. The van der Waals surface area contributed by atoms with E-state index in [1.807, 2.05) is 27.7 Å². The lowest BCUT2D eigenvalue weighted by Gasteiger charge is -2.37. The van der Waals surface area contributed by atoms with Crippen LogP contribution in [0.3, 0.4) is 0 Å². The first-order chi connectivity index (χ1) is 7.79. The third-order valence-electron chi connectivity index (χ3n) is 3.58. The predicted molar refractivity (Wildman–Crippen MR) is 74.8 cm³/mol. The molecule has 3 heteroatoms. The van der Waals surface area contributed by atoms with Crippen LogP contribution in [0.1, 0.15) is 59.8 Å². The zero-order chi connectivity index (χ0) is 13.1. The molecule has 1 aliphatic rings. The SMILES string of the molecule is C#C[C@@](C)(N[S@@](=O)C(C)(C)C)C1CCCCC1. The minimum atomic E-state index is -1.10. The van der Waals surface area contributed by atoms with Crippen molar-refractivity contribution in [3.63, 3.8) is 0 Å². The van der Waals surface area contributed by atoms with Crippen LogP contribution >= 0.6 is 0 Å². The lowest BCUT2D eigenvalue weighted by Crippen LogP contribution is -2.52. The molecule has 0 radical (unpaired) electrons. The molecule has 0 heterocycles. The maximum atomic E-state index is 12.2. The maximum Gasteiger partial charge on any atom is 0.0983 e. The van der Waals surface area contributed by atoms with Gasteiger partial charge < -0.3 is 0 Å². The van der Waals surface area contributed by atoms with Crippen LogP contribution in [0.4, 0.5) is 0 Å². The highest BCUT2D eigenvalue weighted by molar-refractivity contribution is 7.84. The fourth-order valence-electron chi connectivity index (χ4n) is 2.26. The van der Waals surface area contributed by atoms with Crippen molar-refractivity contribution in [2.75, 3.05) is 0 Å². The highest BCUT2D eigenvalue weighted by atomic mass is 32.2. The molecule has 2 nitrogen and oxygen atoms in total. The summed E-state index contributed by atoms with van der Waals surface area (Å²) >= 11 is 0. The molecule has 98 valence electrons. The van der Waals surface area contributed by atoms with Crippen molar-refractivity contribution >= 4 is 11.0 Å². The van der Waals surface area contributed by atoms with E-state index in [0.717, 1.165) is 12.8 Å². The predicted octanol–water partition coefficient (Wildman–Crippen LogP) is 3.01. The Hall–Kier alpha value is -0.330. The van der Waals surface area contributed by atoms with Crippen LogP contribution < -0.4 is 4.72 Å². The Balaban J connectivity index is 2.75. The van der Waals surface area contributed by atoms with Crippen molar-refractivity contribution in [2.45, 2.75) is 70.1 Å². The lowest BCUT2D eigenvalue weighted by atomic mass is 9.77. The first-order valence-corrected chi connectivity index (χ1v) is 7.62. The summed E-state index contributed by atoms with van der Waals surface area (Å²) in [5.74, 6) is 3.30. The normalized spacial score (nSPS) is 23.7. The second kappa shape index (κ2) is 5.54. The Morgan fingerprint density at radius 2 is 1.71 bits per heavy atom.